The van der Waals surface area contributed by atoms with E-state index in [9.17, 15) is 4.79 Å². The molecule has 2 N–H and O–H groups in total. The van der Waals surface area contributed by atoms with E-state index in [0.717, 1.165) is 28.1 Å². The van der Waals surface area contributed by atoms with Gasteiger partial charge in [0.25, 0.3) is 5.91 Å². The van der Waals surface area contributed by atoms with Crippen LogP contribution in [-0.2, 0) is 6.61 Å². The van der Waals surface area contributed by atoms with Crippen LogP contribution in [0.2, 0.25) is 0 Å². The topological polar surface area (TPSA) is 82.6 Å². The van der Waals surface area contributed by atoms with Crippen LogP contribution in [0.4, 0.5) is 5.69 Å². The van der Waals surface area contributed by atoms with Crippen LogP contribution in [0, 0.1) is 6.92 Å². The van der Waals surface area contributed by atoms with Gasteiger partial charge < -0.3 is 9.64 Å². The maximum absolute atomic E-state index is 12.4. The highest BCUT2D eigenvalue weighted by Crippen LogP contribution is 2.22. The number of benzene rings is 3. The molecule has 7 heteroatoms. The van der Waals surface area contributed by atoms with E-state index in [1.807, 2.05) is 67.5 Å². The number of H-pyrrole nitrogens is 1. The number of hydrazone groups is 1. The van der Waals surface area contributed by atoms with E-state index in [4.69, 9.17) is 4.74 Å². The van der Waals surface area contributed by atoms with E-state index < -0.39 is 0 Å². The Morgan fingerprint density at radius 3 is 2.41 bits per heavy atom. The zero-order valence-electron chi connectivity index (χ0n) is 19.4. The van der Waals surface area contributed by atoms with Crippen molar-refractivity contribution in [1.82, 2.24) is 15.6 Å². The Kier molecular flexibility index (Phi) is 7.03. The molecule has 4 aromatic rings. The first-order chi connectivity index (χ1) is 16.5. The molecule has 0 spiro atoms. The molecule has 0 bridgehead atoms. The van der Waals surface area contributed by atoms with Gasteiger partial charge in [-0.25, -0.2) is 5.43 Å². The summed E-state index contributed by atoms with van der Waals surface area (Å²) < 4.78 is 5.85. The van der Waals surface area contributed by atoms with Crippen molar-refractivity contribution < 1.29 is 9.53 Å². The van der Waals surface area contributed by atoms with Gasteiger partial charge in [-0.1, -0.05) is 42.0 Å². The van der Waals surface area contributed by atoms with Gasteiger partial charge in [0.2, 0.25) is 0 Å². The third-order valence-electron chi connectivity index (χ3n) is 5.29. The highest BCUT2D eigenvalue weighted by Gasteiger charge is 2.10. The van der Waals surface area contributed by atoms with E-state index >= 15 is 0 Å². The van der Waals surface area contributed by atoms with E-state index in [-0.39, 0.29) is 5.91 Å². The second kappa shape index (κ2) is 10.5. The van der Waals surface area contributed by atoms with Gasteiger partial charge in [0.05, 0.1) is 11.9 Å². The minimum Gasteiger partial charge on any atom is -0.489 e. The summed E-state index contributed by atoms with van der Waals surface area (Å²) in [6, 6.07) is 25.4. The molecule has 1 amide bonds. The van der Waals surface area contributed by atoms with E-state index in [1.165, 1.54) is 5.56 Å². The summed E-state index contributed by atoms with van der Waals surface area (Å²) in [6.07, 6.45) is 1.60. The third-order valence-corrected chi connectivity index (χ3v) is 5.29. The zero-order valence-corrected chi connectivity index (χ0v) is 19.4. The molecule has 3 aromatic carbocycles. The molecule has 0 saturated heterocycles. The average molecular weight is 454 g/mol. The Morgan fingerprint density at radius 1 is 1.03 bits per heavy atom. The number of hydrogen-bond acceptors (Lipinski definition) is 5. The fourth-order valence-corrected chi connectivity index (χ4v) is 3.24. The van der Waals surface area contributed by atoms with Crippen molar-refractivity contribution in [3.05, 3.63) is 101 Å². The standard InChI is InChI=1S/C27H27N5O2/c1-19-4-6-21(7-5-19)18-34-24-14-10-22(11-15-24)25-16-26(30-29-25)27(33)31-28-17-20-8-12-23(13-9-20)32(2)3/h4-17H,18H2,1-3H3,(H,29,30)(H,31,33)/b28-17-. The molecule has 0 aliphatic heterocycles. The zero-order chi connectivity index (χ0) is 23.9. The molecule has 172 valence electrons. The molecule has 0 saturated carbocycles. The Morgan fingerprint density at radius 2 is 1.74 bits per heavy atom. The number of aromatic amines is 1. The second-order valence-electron chi connectivity index (χ2n) is 8.15. The summed E-state index contributed by atoms with van der Waals surface area (Å²) in [5.74, 6) is 0.406. The van der Waals surface area contributed by atoms with Crippen molar-refractivity contribution in [2.75, 3.05) is 19.0 Å². The first kappa shape index (κ1) is 22.8. The fourth-order valence-electron chi connectivity index (χ4n) is 3.24. The van der Waals surface area contributed by atoms with Crippen molar-refractivity contribution >= 4 is 17.8 Å². The van der Waals surface area contributed by atoms with Gasteiger partial charge >= 0.3 is 0 Å². The number of carbonyl (C=O) groups is 1. The minimum absolute atomic E-state index is 0.329. The lowest BCUT2D eigenvalue weighted by Gasteiger charge is -2.11. The molecule has 0 aliphatic carbocycles. The molecule has 0 aliphatic rings. The number of nitrogens with one attached hydrogen (secondary N) is 2. The molecule has 1 heterocycles. The summed E-state index contributed by atoms with van der Waals surface area (Å²) in [4.78, 5) is 14.4. The molecule has 7 nitrogen and oxygen atoms in total. The van der Waals surface area contributed by atoms with Crippen LogP contribution in [0.3, 0.4) is 0 Å². The van der Waals surface area contributed by atoms with Crippen LogP contribution in [0.5, 0.6) is 5.75 Å². The quantitative estimate of drug-likeness (QED) is 0.297. The maximum Gasteiger partial charge on any atom is 0.289 e. The summed E-state index contributed by atoms with van der Waals surface area (Å²) in [7, 11) is 3.97. The van der Waals surface area contributed by atoms with Gasteiger partial charge in [0.15, 0.2) is 0 Å². The summed E-state index contributed by atoms with van der Waals surface area (Å²) in [5, 5.41) is 11.0. The van der Waals surface area contributed by atoms with Crippen molar-refractivity contribution in [3.63, 3.8) is 0 Å². The normalized spacial score (nSPS) is 10.9. The summed E-state index contributed by atoms with van der Waals surface area (Å²) in [5.41, 5.74) is 8.72. The fraction of sp³-hybridized carbons (Fsp3) is 0.148. The van der Waals surface area contributed by atoms with Gasteiger partial charge in [-0.05, 0) is 60.5 Å². The largest absolute Gasteiger partial charge is 0.489 e. The monoisotopic (exact) mass is 453 g/mol. The SMILES string of the molecule is Cc1ccc(COc2ccc(-c3cc(C(=O)N/N=C\c4ccc(N(C)C)cc4)[nH]n3)cc2)cc1. The molecular weight excluding hydrogens is 426 g/mol. The summed E-state index contributed by atoms with van der Waals surface area (Å²) in [6.45, 7) is 2.57. The Balaban J connectivity index is 1.32. The highest BCUT2D eigenvalue weighted by atomic mass is 16.5. The number of aryl methyl sites for hydroxylation is 1. The van der Waals surface area contributed by atoms with Crippen LogP contribution in [0.15, 0.2) is 84.0 Å². The Labute approximate surface area is 199 Å². The van der Waals surface area contributed by atoms with Gasteiger partial charge in [-0.2, -0.15) is 10.2 Å². The molecule has 0 fully saturated rings. The molecule has 0 radical (unpaired) electrons. The average Bonchev–Trinajstić information content (AvgIpc) is 3.35. The molecule has 34 heavy (non-hydrogen) atoms. The number of carbonyl (C=O) groups excluding carboxylic acids is 1. The lowest BCUT2D eigenvalue weighted by Crippen LogP contribution is -2.18. The number of amides is 1. The lowest BCUT2D eigenvalue weighted by molar-refractivity contribution is 0.0950. The number of ether oxygens (including phenoxy) is 1. The van der Waals surface area contributed by atoms with Crippen LogP contribution in [0.1, 0.15) is 27.2 Å². The first-order valence-electron chi connectivity index (χ1n) is 10.9. The van der Waals surface area contributed by atoms with Crippen LogP contribution < -0.4 is 15.1 Å². The van der Waals surface area contributed by atoms with Gasteiger partial charge in [-0.3, -0.25) is 9.89 Å². The summed E-state index contributed by atoms with van der Waals surface area (Å²) >= 11 is 0. The number of anilines is 1. The van der Waals surface area contributed by atoms with Crippen molar-refractivity contribution in [2.24, 2.45) is 5.10 Å². The number of hydrogen-bond donors (Lipinski definition) is 2. The van der Waals surface area contributed by atoms with Crippen LogP contribution in [-0.4, -0.2) is 36.4 Å². The van der Waals surface area contributed by atoms with E-state index in [1.54, 1.807) is 12.3 Å². The molecule has 1 aromatic heterocycles. The number of nitrogens with zero attached hydrogens (tertiary/aromatic N) is 3. The van der Waals surface area contributed by atoms with Gasteiger partial charge in [-0.15, -0.1) is 0 Å². The maximum atomic E-state index is 12.4. The lowest BCUT2D eigenvalue weighted by atomic mass is 10.1. The predicted molar refractivity (Wildman–Crippen MR) is 135 cm³/mol. The van der Waals surface area contributed by atoms with E-state index in [2.05, 4.69) is 51.9 Å². The molecule has 4 rings (SSSR count). The molecule has 0 atom stereocenters. The van der Waals surface area contributed by atoms with Gasteiger partial charge in [0, 0.05) is 25.3 Å². The Hall–Kier alpha value is -4.39. The number of rotatable bonds is 8. The second-order valence-corrected chi connectivity index (χ2v) is 8.15. The first-order valence-corrected chi connectivity index (χ1v) is 10.9. The van der Waals surface area contributed by atoms with Crippen molar-refractivity contribution in [2.45, 2.75) is 13.5 Å². The number of aromatic nitrogens is 2. The minimum atomic E-state index is -0.363. The van der Waals surface area contributed by atoms with Gasteiger partial charge in [0.1, 0.15) is 18.1 Å². The highest BCUT2D eigenvalue weighted by molar-refractivity contribution is 5.94. The van der Waals surface area contributed by atoms with Crippen molar-refractivity contribution in [1.29, 1.82) is 0 Å². The molecular formula is C27H27N5O2. The predicted octanol–water partition coefficient (Wildman–Crippen LogP) is 4.79. The van der Waals surface area contributed by atoms with Crippen LogP contribution >= 0.6 is 0 Å². The molecule has 0 unspecified atom stereocenters. The van der Waals surface area contributed by atoms with Crippen LogP contribution in [0.25, 0.3) is 11.3 Å². The van der Waals surface area contributed by atoms with Crippen molar-refractivity contribution in [3.8, 4) is 17.0 Å². The smallest absolute Gasteiger partial charge is 0.289 e. The Bertz CT molecular complexity index is 1260. The third kappa shape index (κ3) is 5.89. The van der Waals surface area contributed by atoms with E-state index in [0.29, 0.717) is 18.0 Å².